The van der Waals surface area contributed by atoms with Crippen molar-refractivity contribution in [2.45, 2.75) is 64.6 Å². The first kappa shape index (κ1) is 12.4. The summed E-state index contributed by atoms with van der Waals surface area (Å²) in [6, 6.07) is -0.0430. The van der Waals surface area contributed by atoms with E-state index in [1.54, 1.807) is 4.90 Å². The van der Waals surface area contributed by atoms with Crippen LogP contribution < -0.4 is 0 Å². The van der Waals surface area contributed by atoms with E-state index in [2.05, 4.69) is 0 Å². The number of nitrogens with zero attached hydrogens (tertiary/aromatic N) is 1. The fourth-order valence-electron chi connectivity index (χ4n) is 2.88. The molecular formula is C13H21NO3. The number of Topliss-reactive ketones (excluding diaryl/α,β-unsaturated/α-hetero) is 1. The second-order valence-electron chi connectivity index (χ2n) is 6.20. The van der Waals surface area contributed by atoms with Crippen LogP contribution in [-0.4, -0.2) is 34.5 Å². The van der Waals surface area contributed by atoms with Crippen molar-refractivity contribution in [3.63, 3.8) is 0 Å². The summed E-state index contributed by atoms with van der Waals surface area (Å²) in [7, 11) is 0. The van der Waals surface area contributed by atoms with E-state index in [4.69, 9.17) is 4.74 Å². The van der Waals surface area contributed by atoms with Gasteiger partial charge >= 0.3 is 6.09 Å². The Morgan fingerprint density at radius 1 is 1.35 bits per heavy atom. The second kappa shape index (κ2) is 4.00. The maximum Gasteiger partial charge on any atom is 0.411 e. The van der Waals surface area contributed by atoms with Gasteiger partial charge in [-0.3, -0.25) is 9.69 Å². The minimum Gasteiger partial charge on any atom is -0.444 e. The van der Waals surface area contributed by atoms with E-state index in [0.717, 1.165) is 12.8 Å². The fourth-order valence-corrected chi connectivity index (χ4v) is 2.88. The number of amides is 1. The molecule has 3 atom stereocenters. The molecule has 2 fully saturated rings. The Balaban J connectivity index is 2.15. The molecule has 3 unspecified atom stereocenters. The van der Waals surface area contributed by atoms with Crippen molar-refractivity contribution in [2.75, 3.05) is 0 Å². The lowest BCUT2D eigenvalue weighted by Gasteiger charge is -2.38. The van der Waals surface area contributed by atoms with E-state index >= 15 is 0 Å². The van der Waals surface area contributed by atoms with Crippen LogP contribution in [0.5, 0.6) is 0 Å². The smallest absolute Gasteiger partial charge is 0.411 e. The molecule has 4 heteroatoms. The molecule has 0 aromatic rings. The molecule has 0 aromatic carbocycles. The fraction of sp³-hybridized carbons (Fsp3) is 0.846. The molecule has 0 radical (unpaired) electrons. The lowest BCUT2D eigenvalue weighted by Crippen LogP contribution is -2.53. The first-order valence-corrected chi connectivity index (χ1v) is 6.33. The molecule has 2 heterocycles. The summed E-state index contributed by atoms with van der Waals surface area (Å²) in [5.74, 6) is 0.450. The zero-order valence-corrected chi connectivity index (χ0v) is 11.0. The van der Waals surface area contributed by atoms with E-state index < -0.39 is 5.60 Å². The van der Waals surface area contributed by atoms with Gasteiger partial charge in [-0.05, 0) is 39.5 Å². The van der Waals surface area contributed by atoms with E-state index in [-0.39, 0.29) is 29.9 Å². The van der Waals surface area contributed by atoms with Crippen LogP contribution in [0.15, 0.2) is 0 Å². The summed E-state index contributed by atoms with van der Waals surface area (Å²) in [5.41, 5.74) is -0.500. The normalized spacial score (nSPS) is 32.8. The van der Waals surface area contributed by atoms with Crippen LogP contribution in [0.1, 0.15) is 47.0 Å². The van der Waals surface area contributed by atoms with Crippen LogP contribution in [0.3, 0.4) is 0 Å². The molecule has 0 N–H and O–H groups in total. The van der Waals surface area contributed by atoms with Gasteiger partial charge in [0.05, 0.1) is 6.04 Å². The maximum absolute atomic E-state index is 12.1. The average molecular weight is 239 g/mol. The number of piperidine rings is 1. The SMILES string of the molecule is CC1CC(=O)C2CCC1N2C(=O)OC(C)(C)C. The van der Waals surface area contributed by atoms with Crippen molar-refractivity contribution in [1.29, 1.82) is 0 Å². The minimum atomic E-state index is -0.500. The Bertz CT molecular complexity index is 345. The summed E-state index contributed by atoms with van der Waals surface area (Å²) in [6.07, 6.45) is 2.00. The molecule has 0 aliphatic carbocycles. The molecule has 2 aliphatic rings. The first-order chi connectivity index (χ1) is 7.79. The van der Waals surface area contributed by atoms with Crippen LogP contribution in [0.25, 0.3) is 0 Å². The summed E-state index contributed by atoms with van der Waals surface area (Å²) in [6.45, 7) is 7.59. The third kappa shape index (κ3) is 2.31. The lowest BCUT2D eigenvalue weighted by atomic mass is 9.91. The molecule has 17 heavy (non-hydrogen) atoms. The molecule has 4 nitrogen and oxygen atoms in total. The third-order valence-electron chi connectivity index (χ3n) is 3.58. The number of hydrogen-bond donors (Lipinski definition) is 0. The highest BCUT2D eigenvalue weighted by Crippen LogP contribution is 2.37. The molecule has 2 aliphatic heterocycles. The zero-order valence-electron chi connectivity index (χ0n) is 11.0. The van der Waals surface area contributed by atoms with Gasteiger partial charge in [0.15, 0.2) is 5.78 Å². The average Bonchev–Trinajstić information content (AvgIpc) is 2.52. The van der Waals surface area contributed by atoms with Gasteiger partial charge in [0.1, 0.15) is 5.60 Å². The minimum absolute atomic E-state index is 0.188. The van der Waals surface area contributed by atoms with Crippen molar-refractivity contribution in [1.82, 2.24) is 4.90 Å². The van der Waals surface area contributed by atoms with Gasteiger partial charge in [0.2, 0.25) is 0 Å². The topological polar surface area (TPSA) is 46.6 Å². The number of fused-ring (bicyclic) bond motifs is 2. The van der Waals surface area contributed by atoms with Gasteiger partial charge in [-0.25, -0.2) is 4.79 Å². The molecule has 1 amide bonds. The highest BCUT2D eigenvalue weighted by Gasteiger charge is 2.48. The molecule has 0 aromatic heterocycles. The number of ketones is 1. The van der Waals surface area contributed by atoms with Crippen molar-refractivity contribution in [3.8, 4) is 0 Å². The zero-order chi connectivity index (χ0) is 12.8. The highest BCUT2D eigenvalue weighted by molar-refractivity contribution is 5.89. The quantitative estimate of drug-likeness (QED) is 0.652. The Kier molecular flexibility index (Phi) is 2.92. The van der Waals surface area contributed by atoms with Gasteiger partial charge in [0, 0.05) is 12.5 Å². The van der Waals surface area contributed by atoms with Gasteiger partial charge < -0.3 is 4.74 Å². The van der Waals surface area contributed by atoms with Gasteiger partial charge in [-0.2, -0.15) is 0 Å². The lowest BCUT2D eigenvalue weighted by molar-refractivity contribution is -0.128. The molecule has 2 bridgehead atoms. The Morgan fingerprint density at radius 3 is 2.59 bits per heavy atom. The van der Waals surface area contributed by atoms with Crippen LogP contribution in [0.4, 0.5) is 4.79 Å². The summed E-state index contributed by atoms with van der Waals surface area (Å²) in [4.78, 5) is 25.7. The van der Waals surface area contributed by atoms with E-state index in [1.165, 1.54) is 0 Å². The number of hydrogen-bond acceptors (Lipinski definition) is 3. The van der Waals surface area contributed by atoms with Gasteiger partial charge in [0.25, 0.3) is 0 Å². The molecule has 2 rings (SSSR count). The van der Waals surface area contributed by atoms with E-state index in [9.17, 15) is 9.59 Å². The molecular weight excluding hydrogens is 218 g/mol. The van der Waals surface area contributed by atoms with Crippen LogP contribution in [0, 0.1) is 5.92 Å². The monoisotopic (exact) mass is 239 g/mol. The van der Waals surface area contributed by atoms with Gasteiger partial charge in [-0.15, -0.1) is 0 Å². The summed E-state index contributed by atoms with van der Waals surface area (Å²) < 4.78 is 5.39. The highest BCUT2D eigenvalue weighted by atomic mass is 16.6. The second-order valence-corrected chi connectivity index (χ2v) is 6.20. The predicted molar refractivity (Wildman–Crippen MR) is 63.7 cm³/mol. The number of carbonyl (C=O) groups is 2. The molecule has 0 spiro atoms. The van der Waals surface area contributed by atoms with Crippen molar-refractivity contribution < 1.29 is 14.3 Å². The maximum atomic E-state index is 12.1. The summed E-state index contributed by atoms with van der Waals surface area (Å²) >= 11 is 0. The molecule has 96 valence electrons. The van der Waals surface area contributed by atoms with Gasteiger partial charge in [-0.1, -0.05) is 6.92 Å². The van der Waals surface area contributed by atoms with Crippen molar-refractivity contribution >= 4 is 11.9 Å². The first-order valence-electron chi connectivity index (χ1n) is 6.33. The van der Waals surface area contributed by atoms with Crippen molar-refractivity contribution in [3.05, 3.63) is 0 Å². The Labute approximate surface area is 102 Å². The Hall–Kier alpha value is -1.06. The van der Waals surface area contributed by atoms with Crippen LogP contribution in [-0.2, 0) is 9.53 Å². The van der Waals surface area contributed by atoms with Crippen LogP contribution in [0.2, 0.25) is 0 Å². The Morgan fingerprint density at radius 2 is 2.00 bits per heavy atom. The molecule has 0 saturated carbocycles. The van der Waals surface area contributed by atoms with Crippen LogP contribution >= 0.6 is 0 Å². The standard InChI is InChI=1S/C13H21NO3/c1-8-7-11(15)10-6-5-9(8)14(10)12(16)17-13(2,3)4/h8-10H,5-7H2,1-4H3. The number of carbonyl (C=O) groups excluding carboxylic acids is 2. The van der Waals surface area contributed by atoms with Crippen molar-refractivity contribution in [2.24, 2.45) is 5.92 Å². The predicted octanol–water partition coefficient (Wildman–Crippen LogP) is 2.36. The van der Waals surface area contributed by atoms with E-state index in [1.807, 2.05) is 27.7 Å². The number of rotatable bonds is 0. The largest absolute Gasteiger partial charge is 0.444 e. The summed E-state index contributed by atoms with van der Waals surface area (Å²) in [5, 5.41) is 0. The number of ether oxygens (including phenoxy) is 1. The third-order valence-corrected chi connectivity index (χ3v) is 3.58. The van der Waals surface area contributed by atoms with E-state index in [0.29, 0.717) is 6.42 Å². The molecule has 2 saturated heterocycles.